The van der Waals surface area contributed by atoms with Crippen molar-refractivity contribution in [2.45, 2.75) is 5.41 Å². The fourth-order valence-electron chi connectivity index (χ4n) is 10.2. The van der Waals surface area contributed by atoms with Crippen LogP contribution in [0.4, 0.5) is 0 Å². The van der Waals surface area contributed by atoms with E-state index in [4.69, 9.17) is 19.7 Å². The van der Waals surface area contributed by atoms with E-state index in [0.29, 0.717) is 17.5 Å². The Balaban J connectivity index is 1.06. The summed E-state index contributed by atoms with van der Waals surface area (Å²) >= 11 is 1.84. The fourth-order valence-corrected chi connectivity index (χ4v) is 11.4. The fraction of sp³-hybridized carbons (Fsp3) is 0.0172. The van der Waals surface area contributed by atoms with Gasteiger partial charge in [-0.2, -0.15) is 0 Å². The van der Waals surface area contributed by atoms with Gasteiger partial charge in [0, 0.05) is 48.0 Å². The Morgan fingerprint density at radius 1 is 0.349 bits per heavy atom. The van der Waals surface area contributed by atoms with Crippen LogP contribution in [0.3, 0.4) is 0 Å². The minimum Gasteiger partial charge on any atom is -0.457 e. The highest BCUT2D eigenvalue weighted by Gasteiger charge is 2.51. The van der Waals surface area contributed by atoms with Crippen molar-refractivity contribution in [2.24, 2.45) is 0 Å². The molecule has 5 heteroatoms. The topological polar surface area (TPSA) is 47.9 Å². The lowest BCUT2D eigenvalue weighted by atomic mass is 9.66. The molecule has 2 aromatic heterocycles. The van der Waals surface area contributed by atoms with E-state index in [1.807, 2.05) is 17.4 Å². The summed E-state index contributed by atoms with van der Waals surface area (Å²) in [6.45, 7) is 0. The Hall–Kier alpha value is -7.99. The standard InChI is InChI=1S/C58H35N3OS/c1-2-17-36(18-3-1)39-21-4-5-23-43(39)56-59-55(38-20-14-19-37(35-38)40-25-15-26-42-41-22-7-13-34-52(41)63-54(40)42)60-57(61-56)45-27-16-31-49-53(45)44-24-6-8-28-46(44)58(49)47-29-9-11-32-50(47)62-51-33-12-10-30-48(51)58/h1-35H. The summed E-state index contributed by atoms with van der Waals surface area (Å²) in [5.74, 6) is 3.57. The summed E-state index contributed by atoms with van der Waals surface area (Å²) in [5, 5.41) is 2.55. The summed E-state index contributed by atoms with van der Waals surface area (Å²) in [7, 11) is 0. The zero-order chi connectivity index (χ0) is 41.5. The monoisotopic (exact) mass is 821 g/mol. The zero-order valence-electron chi connectivity index (χ0n) is 33.9. The summed E-state index contributed by atoms with van der Waals surface area (Å²) < 4.78 is 9.19. The molecule has 63 heavy (non-hydrogen) atoms. The van der Waals surface area contributed by atoms with Crippen molar-refractivity contribution < 1.29 is 4.74 Å². The van der Waals surface area contributed by atoms with Crippen LogP contribution in [0.1, 0.15) is 22.3 Å². The van der Waals surface area contributed by atoms with Crippen LogP contribution < -0.4 is 4.74 Å². The van der Waals surface area contributed by atoms with Crippen LogP contribution in [0.15, 0.2) is 212 Å². The quantitative estimate of drug-likeness (QED) is 0.173. The average molecular weight is 822 g/mol. The first-order chi connectivity index (χ1) is 31.2. The summed E-state index contributed by atoms with van der Waals surface area (Å²) in [4.78, 5) is 16.3. The number of nitrogens with zero attached hydrogens (tertiary/aromatic N) is 3. The van der Waals surface area contributed by atoms with Gasteiger partial charge in [0.15, 0.2) is 17.5 Å². The van der Waals surface area contributed by atoms with Gasteiger partial charge in [0.1, 0.15) is 11.5 Å². The lowest BCUT2D eigenvalue weighted by Crippen LogP contribution is -2.32. The first-order valence-electron chi connectivity index (χ1n) is 21.3. The molecule has 13 rings (SSSR count). The SMILES string of the molecule is c1ccc(-c2ccccc2-c2nc(-c3cccc(-c4cccc5c4sc4ccccc45)c3)nc(-c3cccc4c3-c3ccccc3C43c4ccccc4Oc4ccccc43)n2)cc1. The summed E-state index contributed by atoms with van der Waals surface area (Å²) in [6.07, 6.45) is 0. The van der Waals surface area contributed by atoms with Crippen LogP contribution >= 0.6 is 11.3 Å². The van der Waals surface area contributed by atoms with Crippen LogP contribution in [0.2, 0.25) is 0 Å². The highest BCUT2D eigenvalue weighted by molar-refractivity contribution is 7.26. The minimum atomic E-state index is -0.617. The Morgan fingerprint density at radius 3 is 1.68 bits per heavy atom. The molecule has 0 atom stereocenters. The van der Waals surface area contributed by atoms with E-state index in [0.717, 1.165) is 67.1 Å². The molecule has 0 bridgehead atoms. The van der Waals surface area contributed by atoms with Gasteiger partial charge in [-0.25, -0.2) is 15.0 Å². The van der Waals surface area contributed by atoms with Crippen molar-refractivity contribution in [3.63, 3.8) is 0 Å². The van der Waals surface area contributed by atoms with Crippen LogP contribution in [0, 0.1) is 0 Å². The molecule has 0 saturated carbocycles. The molecular weight excluding hydrogens is 787 g/mol. The predicted octanol–water partition coefficient (Wildman–Crippen LogP) is 15.0. The van der Waals surface area contributed by atoms with Gasteiger partial charge < -0.3 is 4.74 Å². The number of aromatic nitrogens is 3. The lowest BCUT2D eigenvalue weighted by molar-refractivity contribution is 0.436. The molecule has 294 valence electrons. The molecule has 11 aromatic rings. The van der Waals surface area contributed by atoms with Gasteiger partial charge in [0.2, 0.25) is 0 Å². The van der Waals surface area contributed by atoms with Crippen LogP contribution in [0.25, 0.3) is 87.7 Å². The third-order valence-electron chi connectivity index (χ3n) is 12.8. The van der Waals surface area contributed by atoms with Gasteiger partial charge in [-0.3, -0.25) is 0 Å². The largest absolute Gasteiger partial charge is 0.457 e. The molecule has 2 aliphatic rings. The second kappa shape index (κ2) is 14.0. The summed E-state index contributed by atoms with van der Waals surface area (Å²) in [5.41, 5.74) is 13.6. The maximum absolute atomic E-state index is 6.63. The zero-order valence-corrected chi connectivity index (χ0v) is 34.7. The molecule has 1 aliphatic heterocycles. The van der Waals surface area contributed by atoms with Crippen molar-refractivity contribution in [3.05, 3.63) is 235 Å². The molecular formula is C58H35N3OS. The first-order valence-corrected chi connectivity index (χ1v) is 22.1. The van der Waals surface area contributed by atoms with Crippen molar-refractivity contribution in [1.82, 2.24) is 15.0 Å². The van der Waals surface area contributed by atoms with E-state index in [-0.39, 0.29) is 0 Å². The Morgan fingerprint density at radius 2 is 0.873 bits per heavy atom. The Bertz CT molecular complexity index is 3580. The molecule has 4 nitrogen and oxygen atoms in total. The van der Waals surface area contributed by atoms with E-state index in [9.17, 15) is 0 Å². The molecule has 9 aromatic carbocycles. The maximum atomic E-state index is 6.63. The second-order valence-electron chi connectivity index (χ2n) is 16.2. The maximum Gasteiger partial charge on any atom is 0.164 e. The van der Waals surface area contributed by atoms with Crippen molar-refractivity contribution in [2.75, 3.05) is 0 Å². The van der Waals surface area contributed by atoms with Gasteiger partial charge in [0.25, 0.3) is 0 Å². The van der Waals surface area contributed by atoms with Gasteiger partial charge in [0.05, 0.1) is 5.41 Å². The third kappa shape index (κ3) is 5.37. The number of rotatable bonds is 5. The van der Waals surface area contributed by atoms with Gasteiger partial charge >= 0.3 is 0 Å². The van der Waals surface area contributed by atoms with Crippen molar-refractivity contribution >= 4 is 31.5 Å². The molecule has 0 radical (unpaired) electrons. The average Bonchev–Trinajstić information content (AvgIpc) is 3.88. The van der Waals surface area contributed by atoms with Crippen LogP contribution in [-0.2, 0) is 5.41 Å². The van der Waals surface area contributed by atoms with E-state index in [2.05, 4.69) is 206 Å². The third-order valence-corrected chi connectivity index (χ3v) is 14.1. The summed E-state index contributed by atoms with van der Waals surface area (Å²) in [6, 6.07) is 75.3. The minimum absolute atomic E-state index is 0.614. The Kier molecular flexibility index (Phi) is 7.96. The molecule has 0 unspecified atom stereocenters. The van der Waals surface area contributed by atoms with Gasteiger partial charge in [-0.05, 0) is 68.8 Å². The Labute approximate surface area is 368 Å². The predicted molar refractivity (Wildman–Crippen MR) is 257 cm³/mol. The highest BCUT2D eigenvalue weighted by atomic mass is 32.1. The molecule has 0 N–H and O–H groups in total. The van der Waals surface area contributed by atoms with E-state index in [1.54, 1.807) is 0 Å². The number of ether oxygens (including phenoxy) is 1. The van der Waals surface area contributed by atoms with E-state index in [1.165, 1.54) is 36.9 Å². The number of fused-ring (bicyclic) bond motifs is 12. The second-order valence-corrected chi connectivity index (χ2v) is 17.2. The van der Waals surface area contributed by atoms with Gasteiger partial charge in [-0.1, -0.05) is 188 Å². The molecule has 3 heterocycles. The smallest absolute Gasteiger partial charge is 0.164 e. The van der Waals surface area contributed by atoms with Crippen molar-refractivity contribution in [3.8, 4) is 79.0 Å². The molecule has 1 spiro atoms. The molecule has 0 fully saturated rings. The van der Waals surface area contributed by atoms with Crippen LogP contribution in [-0.4, -0.2) is 15.0 Å². The molecule has 0 saturated heterocycles. The van der Waals surface area contributed by atoms with Gasteiger partial charge in [-0.15, -0.1) is 11.3 Å². The number of benzene rings is 9. The first kappa shape index (κ1) is 35.7. The molecule has 0 amide bonds. The number of thiophene rings is 1. The highest BCUT2D eigenvalue weighted by Crippen LogP contribution is 2.63. The number of hydrogen-bond donors (Lipinski definition) is 0. The van der Waals surface area contributed by atoms with Crippen molar-refractivity contribution in [1.29, 1.82) is 0 Å². The van der Waals surface area contributed by atoms with Crippen LogP contribution in [0.5, 0.6) is 11.5 Å². The lowest BCUT2D eigenvalue weighted by Gasteiger charge is -2.39. The number of hydrogen-bond acceptors (Lipinski definition) is 5. The normalized spacial score (nSPS) is 13.0. The number of para-hydroxylation sites is 2. The van der Waals surface area contributed by atoms with E-state index < -0.39 is 5.41 Å². The molecule has 1 aliphatic carbocycles. The van der Waals surface area contributed by atoms with E-state index >= 15 is 0 Å².